The van der Waals surface area contributed by atoms with Crippen LogP contribution < -0.4 is 10.2 Å². The first-order valence-electron chi connectivity index (χ1n) is 9.90. The maximum Gasteiger partial charge on any atom is 0.239 e. The first-order chi connectivity index (χ1) is 14.7. The van der Waals surface area contributed by atoms with Gasteiger partial charge in [-0.2, -0.15) is 0 Å². The second kappa shape index (κ2) is 9.22. The molecule has 0 aliphatic carbocycles. The predicted octanol–water partition coefficient (Wildman–Crippen LogP) is 4.07. The van der Waals surface area contributed by atoms with Gasteiger partial charge in [0.1, 0.15) is 5.82 Å². The SMILES string of the molecule is O=C(CN(Cc1cccnc1)c1ccccc1)NCCc1c[nH]c2cc(F)ccc12. The molecule has 1 amide bonds. The third-order valence-electron chi connectivity index (χ3n) is 5.00. The van der Waals surface area contributed by atoms with Gasteiger partial charge in [-0.25, -0.2) is 4.39 Å². The van der Waals surface area contributed by atoms with Gasteiger partial charge < -0.3 is 15.2 Å². The van der Waals surface area contributed by atoms with Gasteiger partial charge in [0.05, 0.1) is 6.54 Å². The molecule has 0 saturated carbocycles. The molecular formula is C24H23FN4O. The van der Waals surface area contributed by atoms with E-state index in [2.05, 4.69) is 15.3 Å². The van der Waals surface area contributed by atoms with Crippen molar-refractivity contribution in [2.45, 2.75) is 13.0 Å². The highest BCUT2D eigenvalue weighted by Crippen LogP contribution is 2.19. The second-order valence-corrected chi connectivity index (χ2v) is 7.16. The van der Waals surface area contributed by atoms with E-state index in [1.807, 2.05) is 59.8 Å². The summed E-state index contributed by atoms with van der Waals surface area (Å²) in [5.41, 5.74) is 3.85. The number of amides is 1. The summed E-state index contributed by atoms with van der Waals surface area (Å²) >= 11 is 0. The maximum absolute atomic E-state index is 13.3. The van der Waals surface area contributed by atoms with Crippen molar-refractivity contribution in [2.24, 2.45) is 0 Å². The smallest absolute Gasteiger partial charge is 0.239 e. The van der Waals surface area contributed by atoms with Gasteiger partial charge in [-0.1, -0.05) is 24.3 Å². The number of para-hydroxylation sites is 1. The molecule has 6 heteroatoms. The molecule has 30 heavy (non-hydrogen) atoms. The first kappa shape index (κ1) is 19.6. The number of halogens is 1. The van der Waals surface area contributed by atoms with Crippen LogP contribution in [0.15, 0.2) is 79.3 Å². The molecule has 0 bridgehead atoms. The van der Waals surface area contributed by atoms with Crippen LogP contribution in [0.3, 0.4) is 0 Å². The molecule has 5 nitrogen and oxygen atoms in total. The highest BCUT2D eigenvalue weighted by molar-refractivity contribution is 5.84. The number of anilines is 1. The lowest BCUT2D eigenvalue weighted by Gasteiger charge is -2.24. The third kappa shape index (κ3) is 4.84. The number of H-pyrrole nitrogens is 1. The van der Waals surface area contributed by atoms with Gasteiger partial charge in [0.2, 0.25) is 5.91 Å². The van der Waals surface area contributed by atoms with Crippen molar-refractivity contribution in [1.82, 2.24) is 15.3 Å². The first-order valence-corrected chi connectivity index (χ1v) is 9.90. The molecule has 4 aromatic rings. The zero-order valence-corrected chi connectivity index (χ0v) is 16.5. The Hall–Kier alpha value is -3.67. The number of fused-ring (bicyclic) bond motifs is 1. The topological polar surface area (TPSA) is 61.0 Å². The van der Waals surface area contributed by atoms with Gasteiger partial charge in [-0.05, 0) is 53.9 Å². The molecule has 0 fully saturated rings. The van der Waals surface area contributed by atoms with Gasteiger partial charge in [-0.3, -0.25) is 9.78 Å². The normalized spacial score (nSPS) is 10.8. The molecule has 2 N–H and O–H groups in total. The van der Waals surface area contributed by atoms with Crippen molar-refractivity contribution >= 4 is 22.5 Å². The van der Waals surface area contributed by atoms with Crippen molar-refractivity contribution in [2.75, 3.05) is 18.0 Å². The Balaban J connectivity index is 1.37. The Bertz CT molecular complexity index is 1110. The average molecular weight is 402 g/mol. The molecule has 0 saturated heterocycles. The number of nitrogens with zero attached hydrogens (tertiary/aromatic N) is 2. The number of hydrogen-bond donors (Lipinski definition) is 2. The van der Waals surface area contributed by atoms with Gasteiger partial charge in [0, 0.05) is 48.3 Å². The zero-order valence-electron chi connectivity index (χ0n) is 16.5. The molecule has 0 radical (unpaired) electrons. The summed E-state index contributed by atoms with van der Waals surface area (Å²) < 4.78 is 13.3. The van der Waals surface area contributed by atoms with E-state index in [4.69, 9.17) is 0 Å². The summed E-state index contributed by atoms with van der Waals surface area (Å²) in [5, 5.41) is 3.98. The number of rotatable bonds is 8. The minimum atomic E-state index is -0.265. The number of aromatic amines is 1. The van der Waals surface area contributed by atoms with Crippen LogP contribution in [0.2, 0.25) is 0 Å². The fraction of sp³-hybridized carbons (Fsp3) is 0.167. The molecule has 2 heterocycles. The van der Waals surface area contributed by atoms with E-state index >= 15 is 0 Å². The van der Waals surface area contributed by atoms with E-state index in [1.54, 1.807) is 12.3 Å². The summed E-state index contributed by atoms with van der Waals surface area (Å²) in [6, 6.07) is 18.5. The van der Waals surface area contributed by atoms with Crippen LogP contribution in [-0.4, -0.2) is 29.0 Å². The Morgan fingerprint density at radius 3 is 2.77 bits per heavy atom. The maximum atomic E-state index is 13.3. The van der Waals surface area contributed by atoms with E-state index in [-0.39, 0.29) is 18.3 Å². The van der Waals surface area contributed by atoms with Crippen LogP contribution in [0.1, 0.15) is 11.1 Å². The van der Waals surface area contributed by atoms with Crippen molar-refractivity contribution in [3.05, 3.63) is 96.2 Å². The molecule has 0 spiro atoms. The molecular weight excluding hydrogens is 379 g/mol. The lowest BCUT2D eigenvalue weighted by Crippen LogP contribution is -2.37. The number of benzene rings is 2. The summed E-state index contributed by atoms with van der Waals surface area (Å²) in [6.07, 6.45) is 6.09. The van der Waals surface area contributed by atoms with Gasteiger partial charge in [-0.15, -0.1) is 0 Å². The van der Waals surface area contributed by atoms with Crippen molar-refractivity contribution < 1.29 is 9.18 Å². The number of aromatic nitrogens is 2. The van der Waals surface area contributed by atoms with Crippen molar-refractivity contribution in [3.63, 3.8) is 0 Å². The average Bonchev–Trinajstić information content (AvgIpc) is 3.16. The molecule has 2 aromatic carbocycles. The summed E-state index contributed by atoms with van der Waals surface area (Å²) in [6.45, 7) is 1.36. The molecule has 152 valence electrons. The molecule has 0 unspecified atom stereocenters. The minimum absolute atomic E-state index is 0.0476. The highest BCUT2D eigenvalue weighted by Gasteiger charge is 2.13. The summed E-state index contributed by atoms with van der Waals surface area (Å²) in [4.78, 5) is 21.9. The van der Waals surface area contributed by atoms with E-state index in [1.165, 1.54) is 12.1 Å². The number of hydrogen-bond acceptors (Lipinski definition) is 3. The fourth-order valence-corrected chi connectivity index (χ4v) is 3.52. The zero-order chi connectivity index (χ0) is 20.8. The summed E-state index contributed by atoms with van der Waals surface area (Å²) in [5.74, 6) is -0.313. The lowest BCUT2D eigenvalue weighted by molar-refractivity contribution is -0.119. The van der Waals surface area contributed by atoms with Gasteiger partial charge >= 0.3 is 0 Å². The standard InChI is InChI=1S/C24H23FN4O/c25-20-8-9-22-19(15-28-23(22)13-20)10-12-27-24(30)17-29(21-6-2-1-3-7-21)16-18-5-4-11-26-14-18/h1-9,11,13-15,28H,10,12,16-17H2,(H,27,30). The molecule has 2 aromatic heterocycles. The van der Waals surface area contributed by atoms with Gasteiger partial charge in [0.15, 0.2) is 0 Å². The number of carbonyl (C=O) groups is 1. The number of pyridine rings is 1. The Labute approximate surface area is 174 Å². The van der Waals surface area contributed by atoms with Crippen LogP contribution in [0.5, 0.6) is 0 Å². The largest absolute Gasteiger partial charge is 0.361 e. The van der Waals surface area contributed by atoms with E-state index in [9.17, 15) is 9.18 Å². The van der Waals surface area contributed by atoms with Crippen molar-refractivity contribution in [1.29, 1.82) is 0 Å². The van der Waals surface area contributed by atoms with E-state index < -0.39 is 0 Å². The highest BCUT2D eigenvalue weighted by atomic mass is 19.1. The number of carbonyl (C=O) groups excluding carboxylic acids is 1. The quantitative estimate of drug-likeness (QED) is 0.467. The fourth-order valence-electron chi connectivity index (χ4n) is 3.52. The number of nitrogens with one attached hydrogen (secondary N) is 2. The van der Waals surface area contributed by atoms with Crippen LogP contribution >= 0.6 is 0 Å². The Morgan fingerprint density at radius 2 is 1.97 bits per heavy atom. The second-order valence-electron chi connectivity index (χ2n) is 7.16. The van der Waals surface area contributed by atoms with Crippen molar-refractivity contribution in [3.8, 4) is 0 Å². The van der Waals surface area contributed by atoms with Crippen LogP contribution in [0.4, 0.5) is 10.1 Å². The van der Waals surface area contributed by atoms with Crippen LogP contribution in [-0.2, 0) is 17.8 Å². The molecule has 0 aliphatic rings. The van der Waals surface area contributed by atoms with E-state index in [0.717, 1.165) is 27.7 Å². The molecule has 0 atom stereocenters. The Kier molecular flexibility index (Phi) is 6.03. The molecule has 4 rings (SSSR count). The molecule has 0 aliphatic heterocycles. The van der Waals surface area contributed by atoms with Crippen LogP contribution in [0.25, 0.3) is 10.9 Å². The van der Waals surface area contributed by atoms with E-state index in [0.29, 0.717) is 19.5 Å². The lowest BCUT2D eigenvalue weighted by atomic mass is 10.1. The third-order valence-corrected chi connectivity index (χ3v) is 5.00. The summed E-state index contributed by atoms with van der Waals surface area (Å²) in [7, 11) is 0. The van der Waals surface area contributed by atoms with Crippen LogP contribution in [0, 0.1) is 5.82 Å². The van der Waals surface area contributed by atoms with Gasteiger partial charge in [0.25, 0.3) is 0 Å². The monoisotopic (exact) mass is 402 g/mol. The predicted molar refractivity (Wildman–Crippen MR) is 117 cm³/mol. The minimum Gasteiger partial charge on any atom is -0.361 e. The Morgan fingerprint density at radius 1 is 1.10 bits per heavy atom.